The standard InChI is InChI=1S/C17H24FN3O3/c1-24-17(23)7-4-8-19-16(22)13-20-9-11-21(12-10-20)15-6-3-2-5-14(15)18/h2-3,5-6H,4,7-13H2,1H3,(H,19,22). The number of methoxy groups -OCH3 is 1. The Balaban J connectivity index is 1.66. The maximum Gasteiger partial charge on any atom is 0.305 e. The molecule has 1 aromatic carbocycles. The molecule has 1 heterocycles. The Labute approximate surface area is 141 Å². The number of hydrogen-bond acceptors (Lipinski definition) is 5. The number of halogens is 1. The molecule has 0 saturated carbocycles. The van der Waals surface area contributed by atoms with Crippen LogP contribution in [0, 0.1) is 5.82 Å². The highest BCUT2D eigenvalue weighted by atomic mass is 19.1. The Kier molecular flexibility index (Phi) is 6.99. The zero-order valence-electron chi connectivity index (χ0n) is 14.0. The molecule has 132 valence electrons. The lowest BCUT2D eigenvalue weighted by Crippen LogP contribution is -2.49. The Hall–Kier alpha value is -2.15. The van der Waals surface area contributed by atoms with Gasteiger partial charge in [0.25, 0.3) is 0 Å². The van der Waals surface area contributed by atoms with E-state index >= 15 is 0 Å². The van der Waals surface area contributed by atoms with Crippen molar-refractivity contribution >= 4 is 17.6 Å². The molecule has 1 fully saturated rings. The molecule has 0 aliphatic carbocycles. The molecule has 6 nitrogen and oxygen atoms in total. The second kappa shape index (κ2) is 9.22. The first-order valence-corrected chi connectivity index (χ1v) is 8.15. The van der Waals surface area contributed by atoms with E-state index in [-0.39, 0.29) is 17.7 Å². The largest absolute Gasteiger partial charge is 0.469 e. The second-order valence-corrected chi connectivity index (χ2v) is 5.74. The summed E-state index contributed by atoms with van der Waals surface area (Å²) in [6, 6.07) is 6.74. The van der Waals surface area contributed by atoms with Crippen LogP contribution in [-0.4, -0.2) is 63.2 Å². The molecule has 1 aliphatic rings. The van der Waals surface area contributed by atoms with Gasteiger partial charge in [0.1, 0.15) is 5.82 Å². The van der Waals surface area contributed by atoms with Crippen LogP contribution in [0.1, 0.15) is 12.8 Å². The van der Waals surface area contributed by atoms with Gasteiger partial charge in [0.05, 0.1) is 19.3 Å². The summed E-state index contributed by atoms with van der Waals surface area (Å²) in [7, 11) is 1.35. The van der Waals surface area contributed by atoms with Gasteiger partial charge >= 0.3 is 5.97 Å². The summed E-state index contributed by atoms with van der Waals surface area (Å²) in [5.41, 5.74) is 0.615. The van der Waals surface area contributed by atoms with Gasteiger partial charge < -0.3 is 15.0 Å². The molecule has 24 heavy (non-hydrogen) atoms. The van der Waals surface area contributed by atoms with Gasteiger partial charge in [-0.3, -0.25) is 14.5 Å². The summed E-state index contributed by atoms with van der Waals surface area (Å²) >= 11 is 0. The number of nitrogens with zero attached hydrogens (tertiary/aromatic N) is 2. The topological polar surface area (TPSA) is 61.9 Å². The Morgan fingerprint density at radius 2 is 1.92 bits per heavy atom. The van der Waals surface area contributed by atoms with Crippen LogP contribution in [0.15, 0.2) is 24.3 Å². The van der Waals surface area contributed by atoms with Crippen molar-refractivity contribution in [3.8, 4) is 0 Å². The third-order valence-corrected chi connectivity index (χ3v) is 4.04. The molecule has 1 amide bonds. The number of rotatable bonds is 7. The van der Waals surface area contributed by atoms with Crippen LogP contribution in [-0.2, 0) is 14.3 Å². The molecule has 0 aromatic heterocycles. The van der Waals surface area contributed by atoms with E-state index in [1.807, 2.05) is 15.9 Å². The van der Waals surface area contributed by atoms with E-state index in [2.05, 4.69) is 10.1 Å². The van der Waals surface area contributed by atoms with Crippen LogP contribution in [0.25, 0.3) is 0 Å². The molecule has 1 aromatic rings. The fourth-order valence-corrected chi connectivity index (χ4v) is 2.68. The zero-order chi connectivity index (χ0) is 17.4. The van der Waals surface area contributed by atoms with Crippen LogP contribution >= 0.6 is 0 Å². The molecule has 1 aliphatic heterocycles. The molecule has 7 heteroatoms. The number of esters is 1. The number of hydrogen-bond donors (Lipinski definition) is 1. The first-order valence-electron chi connectivity index (χ1n) is 8.15. The van der Waals surface area contributed by atoms with Crippen molar-refractivity contribution in [3.63, 3.8) is 0 Å². The first kappa shape index (κ1) is 18.2. The number of ether oxygens (including phenoxy) is 1. The molecular formula is C17H24FN3O3. The summed E-state index contributed by atoms with van der Waals surface area (Å²) in [5, 5.41) is 2.80. The van der Waals surface area contributed by atoms with Gasteiger partial charge in [-0.1, -0.05) is 12.1 Å². The highest BCUT2D eigenvalue weighted by Gasteiger charge is 2.20. The lowest BCUT2D eigenvalue weighted by Gasteiger charge is -2.35. The molecule has 1 N–H and O–H groups in total. The predicted octanol–water partition coefficient (Wildman–Crippen LogP) is 1.02. The predicted molar refractivity (Wildman–Crippen MR) is 89.3 cm³/mol. The zero-order valence-corrected chi connectivity index (χ0v) is 14.0. The van der Waals surface area contributed by atoms with Crippen LogP contribution in [0.2, 0.25) is 0 Å². The average Bonchev–Trinajstić information content (AvgIpc) is 2.60. The summed E-state index contributed by atoms with van der Waals surface area (Å²) in [5.74, 6) is -0.540. The van der Waals surface area contributed by atoms with Crippen LogP contribution in [0.4, 0.5) is 10.1 Å². The number of para-hydroxylation sites is 1. The molecule has 0 atom stereocenters. The fourth-order valence-electron chi connectivity index (χ4n) is 2.68. The lowest BCUT2D eigenvalue weighted by atomic mass is 10.2. The van der Waals surface area contributed by atoms with E-state index in [1.165, 1.54) is 13.2 Å². The maximum absolute atomic E-state index is 13.8. The molecule has 0 unspecified atom stereocenters. The Morgan fingerprint density at radius 1 is 1.21 bits per heavy atom. The number of piperazine rings is 1. The number of benzene rings is 1. The number of carbonyl (C=O) groups excluding carboxylic acids is 2. The molecule has 0 radical (unpaired) electrons. The van der Waals surface area contributed by atoms with Gasteiger partial charge in [0, 0.05) is 39.1 Å². The highest BCUT2D eigenvalue weighted by molar-refractivity contribution is 5.78. The minimum Gasteiger partial charge on any atom is -0.469 e. The minimum atomic E-state index is -0.270. The van der Waals surface area contributed by atoms with Crippen molar-refractivity contribution in [1.29, 1.82) is 0 Å². The van der Waals surface area contributed by atoms with Gasteiger partial charge in [-0.25, -0.2) is 4.39 Å². The third kappa shape index (κ3) is 5.49. The number of carbonyl (C=O) groups is 2. The first-order chi connectivity index (χ1) is 11.6. The second-order valence-electron chi connectivity index (χ2n) is 5.74. The molecule has 0 bridgehead atoms. The van der Waals surface area contributed by atoms with Crippen molar-refractivity contribution in [1.82, 2.24) is 10.2 Å². The van der Waals surface area contributed by atoms with E-state index in [9.17, 15) is 14.0 Å². The van der Waals surface area contributed by atoms with Gasteiger partial charge in [0.15, 0.2) is 0 Å². The number of amides is 1. The van der Waals surface area contributed by atoms with E-state index in [0.29, 0.717) is 57.8 Å². The number of anilines is 1. The molecular weight excluding hydrogens is 313 g/mol. The van der Waals surface area contributed by atoms with Crippen molar-refractivity contribution in [2.24, 2.45) is 0 Å². The maximum atomic E-state index is 13.8. The SMILES string of the molecule is COC(=O)CCCNC(=O)CN1CCN(c2ccccc2F)CC1. The van der Waals surface area contributed by atoms with Gasteiger partial charge in [0.2, 0.25) is 5.91 Å². The fraction of sp³-hybridized carbons (Fsp3) is 0.529. The molecule has 2 rings (SSSR count). The third-order valence-electron chi connectivity index (χ3n) is 4.04. The lowest BCUT2D eigenvalue weighted by molar-refractivity contribution is -0.140. The van der Waals surface area contributed by atoms with Crippen LogP contribution < -0.4 is 10.2 Å². The van der Waals surface area contributed by atoms with Gasteiger partial charge in [-0.2, -0.15) is 0 Å². The highest BCUT2D eigenvalue weighted by Crippen LogP contribution is 2.19. The van der Waals surface area contributed by atoms with Crippen molar-refractivity contribution in [2.45, 2.75) is 12.8 Å². The summed E-state index contributed by atoms with van der Waals surface area (Å²) < 4.78 is 18.3. The Bertz CT molecular complexity index is 560. The van der Waals surface area contributed by atoms with Crippen LogP contribution in [0.5, 0.6) is 0 Å². The quantitative estimate of drug-likeness (QED) is 0.594. The van der Waals surface area contributed by atoms with E-state index in [0.717, 1.165) is 0 Å². The van der Waals surface area contributed by atoms with Crippen molar-refractivity contribution < 1.29 is 18.7 Å². The van der Waals surface area contributed by atoms with Crippen molar-refractivity contribution in [3.05, 3.63) is 30.1 Å². The molecule has 1 saturated heterocycles. The normalized spacial score (nSPS) is 15.2. The average molecular weight is 337 g/mol. The van der Waals surface area contributed by atoms with Crippen LogP contribution in [0.3, 0.4) is 0 Å². The summed E-state index contributed by atoms with van der Waals surface area (Å²) in [4.78, 5) is 26.9. The van der Waals surface area contributed by atoms with Crippen molar-refractivity contribution in [2.75, 3.05) is 51.3 Å². The van der Waals surface area contributed by atoms with E-state index in [1.54, 1.807) is 12.1 Å². The summed E-state index contributed by atoms with van der Waals surface area (Å²) in [6.07, 6.45) is 0.873. The monoisotopic (exact) mass is 337 g/mol. The number of nitrogens with one attached hydrogen (secondary N) is 1. The molecule has 0 spiro atoms. The Morgan fingerprint density at radius 3 is 2.58 bits per heavy atom. The van der Waals surface area contributed by atoms with E-state index in [4.69, 9.17) is 0 Å². The van der Waals surface area contributed by atoms with E-state index < -0.39 is 0 Å². The minimum absolute atomic E-state index is 0.0563. The van der Waals surface area contributed by atoms with Gasteiger partial charge in [-0.05, 0) is 18.6 Å². The smallest absolute Gasteiger partial charge is 0.305 e. The van der Waals surface area contributed by atoms with Gasteiger partial charge in [-0.15, -0.1) is 0 Å². The summed E-state index contributed by atoms with van der Waals surface area (Å²) in [6.45, 7) is 3.59.